The molecule has 1 unspecified atom stereocenters. The molecule has 0 saturated carbocycles. The molecule has 114 valence electrons. The lowest BCUT2D eigenvalue weighted by Gasteiger charge is -2.17. The van der Waals surface area contributed by atoms with E-state index in [0.29, 0.717) is 11.6 Å². The summed E-state index contributed by atoms with van der Waals surface area (Å²) < 4.78 is 5.76. The molecule has 1 aromatic rings. The van der Waals surface area contributed by atoms with Gasteiger partial charge in [-0.1, -0.05) is 24.6 Å². The Morgan fingerprint density at radius 2 is 2.15 bits per heavy atom. The maximum absolute atomic E-state index is 5.91. The summed E-state index contributed by atoms with van der Waals surface area (Å²) in [5.74, 6) is 1.57. The zero-order valence-corrected chi connectivity index (χ0v) is 15.2. The number of hydrogen-bond donors (Lipinski definition) is 2. The van der Waals surface area contributed by atoms with Gasteiger partial charge >= 0.3 is 0 Å². The second kappa shape index (κ2) is 11.0. The van der Waals surface area contributed by atoms with Crippen LogP contribution in [0.4, 0.5) is 0 Å². The van der Waals surface area contributed by atoms with Crippen LogP contribution in [0.2, 0.25) is 5.02 Å². The van der Waals surface area contributed by atoms with E-state index in [1.165, 1.54) is 0 Å². The van der Waals surface area contributed by atoms with Gasteiger partial charge in [-0.25, -0.2) is 0 Å². The van der Waals surface area contributed by atoms with Crippen LogP contribution in [0.1, 0.15) is 20.3 Å². The van der Waals surface area contributed by atoms with Crippen molar-refractivity contribution in [1.82, 2.24) is 10.6 Å². The predicted octanol–water partition coefficient (Wildman–Crippen LogP) is 3.30. The third-order valence-corrected chi connectivity index (χ3v) is 2.69. The number of hydrogen-bond acceptors (Lipinski definition) is 2. The van der Waals surface area contributed by atoms with Gasteiger partial charge in [0.1, 0.15) is 11.9 Å². The number of aliphatic imine (C=N–C) groups is 1. The standard InChI is InChI=1S/C14H22ClN3O.HI/c1-4-8-17-14(16-3)18-10-11(2)19-13-7-5-6-12(15)9-13;/h5-7,9,11H,4,8,10H2,1-3H3,(H2,16,17,18);1H. The van der Waals surface area contributed by atoms with Crippen molar-refractivity contribution in [2.45, 2.75) is 26.4 Å². The summed E-state index contributed by atoms with van der Waals surface area (Å²) in [5, 5.41) is 7.11. The normalized spacial score (nSPS) is 12.3. The molecule has 1 aromatic carbocycles. The van der Waals surface area contributed by atoms with Crippen LogP contribution in [0.25, 0.3) is 0 Å². The van der Waals surface area contributed by atoms with E-state index in [9.17, 15) is 0 Å². The van der Waals surface area contributed by atoms with Gasteiger partial charge in [0.25, 0.3) is 0 Å². The van der Waals surface area contributed by atoms with Crippen LogP contribution < -0.4 is 15.4 Å². The first-order valence-electron chi connectivity index (χ1n) is 6.52. The predicted molar refractivity (Wildman–Crippen MR) is 96.6 cm³/mol. The fourth-order valence-electron chi connectivity index (χ4n) is 1.52. The Bertz CT molecular complexity index is 415. The average Bonchev–Trinajstić information content (AvgIpc) is 2.39. The number of nitrogens with one attached hydrogen (secondary N) is 2. The summed E-state index contributed by atoms with van der Waals surface area (Å²) in [6.45, 7) is 5.70. The van der Waals surface area contributed by atoms with Crippen molar-refractivity contribution in [1.29, 1.82) is 0 Å². The van der Waals surface area contributed by atoms with E-state index in [1.807, 2.05) is 31.2 Å². The van der Waals surface area contributed by atoms with E-state index < -0.39 is 0 Å². The Kier molecular flexibility index (Phi) is 10.6. The molecule has 0 spiro atoms. The third-order valence-electron chi connectivity index (χ3n) is 2.46. The van der Waals surface area contributed by atoms with Crippen molar-refractivity contribution in [3.8, 4) is 5.75 Å². The van der Waals surface area contributed by atoms with Gasteiger partial charge in [0.05, 0.1) is 6.54 Å². The summed E-state index contributed by atoms with van der Waals surface area (Å²) in [7, 11) is 1.76. The Morgan fingerprint density at radius 1 is 1.40 bits per heavy atom. The topological polar surface area (TPSA) is 45.7 Å². The highest BCUT2D eigenvalue weighted by Crippen LogP contribution is 2.18. The minimum absolute atomic E-state index is 0. The molecular formula is C14H23ClIN3O. The zero-order chi connectivity index (χ0) is 14.1. The van der Waals surface area contributed by atoms with Gasteiger partial charge in [-0.3, -0.25) is 4.99 Å². The number of ether oxygens (including phenoxy) is 1. The van der Waals surface area contributed by atoms with Crippen molar-refractivity contribution >= 4 is 41.5 Å². The van der Waals surface area contributed by atoms with Crippen molar-refractivity contribution in [3.05, 3.63) is 29.3 Å². The molecule has 0 aliphatic heterocycles. The lowest BCUT2D eigenvalue weighted by molar-refractivity contribution is 0.224. The van der Waals surface area contributed by atoms with Crippen molar-refractivity contribution in [2.75, 3.05) is 20.1 Å². The second-order valence-electron chi connectivity index (χ2n) is 4.27. The Hall–Kier alpha value is -0.690. The first kappa shape index (κ1) is 19.3. The quantitative estimate of drug-likeness (QED) is 0.429. The maximum atomic E-state index is 5.91. The molecule has 0 bridgehead atoms. The van der Waals surface area contributed by atoms with E-state index in [2.05, 4.69) is 22.5 Å². The summed E-state index contributed by atoms with van der Waals surface area (Å²) in [5.41, 5.74) is 0. The fourth-order valence-corrected chi connectivity index (χ4v) is 1.70. The average molecular weight is 412 g/mol. The van der Waals surface area contributed by atoms with Gasteiger partial charge in [-0.2, -0.15) is 0 Å². The first-order chi connectivity index (χ1) is 9.15. The maximum Gasteiger partial charge on any atom is 0.191 e. The number of nitrogens with zero attached hydrogens (tertiary/aromatic N) is 1. The van der Waals surface area contributed by atoms with Crippen LogP contribution in [-0.2, 0) is 0 Å². The highest BCUT2D eigenvalue weighted by atomic mass is 127. The van der Waals surface area contributed by atoms with E-state index in [-0.39, 0.29) is 30.1 Å². The summed E-state index contributed by atoms with van der Waals surface area (Å²) in [6.07, 6.45) is 1.09. The minimum Gasteiger partial charge on any atom is -0.489 e. The van der Waals surface area contributed by atoms with Crippen LogP contribution >= 0.6 is 35.6 Å². The highest BCUT2D eigenvalue weighted by molar-refractivity contribution is 14.0. The van der Waals surface area contributed by atoms with Gasteiger partial charge in [0, 0.05) is 18.6 Å². The Balaban J connectivity index is 0.00000361. The van der Waals surface area contributed by atoms with Crippen LogP contribution in [0.15, 0.2) is 29.3 Å². The summed E-state index contributed by atoms with van der Waals surface area (Å²) in [4.78, 5) is 4.14. The smallest absolute Gasteiger partial charge is 0.191 e. The Labute approximate surface area is 143 Å². The molecule has 0 heterocycles. The van der Waals surface area contributed by atoms with Gasteiger partial charge in [-0.05, 0) is 31.5 Å². The van der Waals surface area contributed by atoms with E-state index in [1.54, 1.807) is 7.05 Å². The monoisotopic (exact) mass is 411 g/mol. The largest absolute Gasteiger partial charge is 0.489 e. The molecule has 1 rings (SSSR count). The zero-order valence-electron chi connectivity index (χ0n) is 12.1. The molecule has 1 atom stereocenters. The van der Waals surface area contributed by atoms with Crippen molar-refractivity contribution in [2.24, 2.45) is 4.99 Å². The van der Waals surface area contributed by atoms with Crippen LogP contribution in [-0.4, -0.2) is 32.2 Å². The molecule has 0 saturated heterocycles. The molecular weight excluding hydrogens is 389 g/mol. The third kappa shape index (κ3) is 7.79. The minimum atomic E-state index is 0. The molecule has 0 aliphatic rings. The summed E-state index contributed by atoms with van der Waals surface area (Å²) in [6, 6.07) is 7.40. The number of benzene rings is 1. The van der Waals surface area contributed by atoms with Crippen molar-refractivity contribution in [3.63, 3.8) is 0 Å². The lowest BCUT2D eigenvalue weighted by Crippen LogP contribution is -2.42. The van der Waals surface area contributed by atoms with Crippen molar-refractivity contribution < 1.29 is 4.74 Å². The molecule has 0 aliphatic carbocycles. The number of guanidine groups is 1. The van der Waals surface area contributed by atoms with Gasteiger partial charge in [-0.15, -0.1) is 24.0 Å². The van der Waals surface area contributed by atoms with Crippen LogP contribution in [0.5, 0.6) is 5.75 Å². The lowest BCUT2D eigenvalue weighted by atomic mass is 10.3. The highest BCUT2D eigenvalue weighted by Gasteiger charge is 2.05. The second-order valence-corrected chi connectivity index (χ2v) is 4.70. The number of rotatable bonds is 6. The van der Waals surface area contributed by atoms with Crippen LogP contribution in [0.3, 0.4) is 0 Å². The van der Waals surface area contributed by atoms with Gasteiger partial charge in [0.15, 0.2) is 5.96 Å². The first-order valence-corrected chi connectivity index (χ1v) is 6.90. The molecule has 0 aromatic heterocycles. The van der Waals surface area contributed by atoms with E-state index in [4.69, 9.17) is 16.3 Å². The Morgan fingerprint density at radius 3 is 2.75 bits per heavy atom. The molecule has 0 radical (unpaired) electrons. The molecule has 0 fully saturated rings. The number of halogens is 2. The SMILES string of the molecule is CCCNC(=NC)NCC(C)Oc1cccc(Cl)c1.I. The fraction of sp³-hybridized carbons (Fsp3) is 0.500. The van der Waals surface area contributed by atoms with Crippen LogP contribution in [0, 0.1) is 0 Å². The van der Waals surface area contributed by atoms with E-state index >= 15 is 0 Å². The van der Waals surface area contributed by atoms with Gasteiger partial charge in [0.2, 0.25) is 0 Å². The molecule has 6 heteroatoms. The molecule has 0 amide bonds. The summed E-state index contributed by atoms with van der Waals surface area (Å²) >= 11 is 5.91. The molecule has 4 nitrogen and oxygen atoms in total. The molecule has 20 heavy (non-hydrogen) atoms. The van der Waals surface area contributed by atoms with Gasteiger partial charge < -0.3 is 15.4 Å². The van der Waals surface area contributed by atoms with E-state index in [0.717, 1.165) is 24.7 Å². The molecule has 2 N–H and O–H groups in total.